The van der Waals surface area contributed by atoms with Crippen molar-refractivity contribution in [2.24, 2.45) is 0 Å². The number of fused-ring (bicyclic) bond motifs is 2. The van der Waals surface area contributed by atoms with Gasteiger partial charge in [0.15, 0.2) is 5.78 Å². The normalized spacial score (nSPS) is 28.3. The molecule has 2 aliphatic rings. The maximum absolute atomic E-state index is 13.3. The SMILES string of the molecule is CS1(C)(C)(C)/C(=C2\Sc3ccccc3C2=O)C(=O)c2ccccc21. The Balaban J connectivity index is 2.09. The fourth-order valence-electron chi connectivity index (χ4n) is 3.80. The summed E-state index contributed by atoms with van der Waals surface area (Å²) in [5.74, 6) is 0.00933. The van der Waals surface area contributed by atoms with Crippen molar-refractivity contribution >= 4 is 31.6 Å². The van der Waals surface area contributed by atoms with E-state index in [1.807, 2.05) is 42.5 Å². The lowest BCUT2D eigenvalue weighted by Gasteiger charge is -2.67. The molecule has 0 aromatic heterocycles. The van der Waals surface area contributed by atoms with E-state index in [-0.39, 0.29) is 11.6 Å². The molecule has 124 valence electrons. The smallest absolute Gasteiger partial charge is 0.202 e. The van der Waals surface area contributed by atoms with Crippen LogP contribution in [-0.2, 0) is 0 Å². The molecule has 0 fully saturated rings. The van der Waals surface area contributed by atoms with Gasteiger partial charge in [0.2, 0.25) is 5.78 Å². The van der Waals surface area contributed by atoms with E-state index >= 15 is 0 Å². The van der Waals surface area contributed by atoms with Crippen molar-refractivity contribution in [1.82, 2.24) is 0 Å². The van der Waals surface area contributed by atoms with Crippen LogP contribution in [0.5, 0.6) is 0 Å². The number of ketones is 2. The molecule has 0 atom stereocenters. The van der Waals surface area contributed by atoms with Crippen LogP contribution in [0.2, 0.25) is 0 Å². The molecule has 2 aliphatic heterocycles. The van der Waals surface area contributed by atoms with Gasteiger partial charge >= 0.3 is 0 Å². The minimum absolute atomic E-state index is 0.0100. The highest BCUT2D eigenvalue weighted by atomic mass is 32.4. The molecule has 0 saturated carbocycles. The number of hydrogen-bond acceptors (Lipinski definition) is 3. The first-order valence-electron chi connectivity index (χ1n) is 7.76. The zero-order valence-electron chi connectivity index (χ0n) is 14.3. The molecular weight excluding hydrogens is 336 g/mol. The van der Waals surface area contributed by atoms with Crippen molar-refractivity contribution in [2.75, 3.05) is 25.0 Å². The fourth-order valence-corrected chi connectivity index (χ4v) is 10.0. The van der Waals surface area contributed by atoms with Crippen LogP contribution in [0.1, 0.15) is 20.7 Å². The van der Waals surface area contributed by atoms with Gasteiger partial charge in [-0.05, 0) is 48.1 Å². The predicted molar refractivity (Wildman–Crippen MR) is 104 cm³/mol. The van der Waals surface area contributed by atoms with Crippen molar-refractivity contribution in [2.45, 2.75) is 9.79 Å². The fraction of sp³-hybridized carbons (Fsp3) is 0.200. The van der Waals surface area contributed by atoms with Crippen molar-refractivity contribution < 1.29 is 9.59 Å². The Morgan fingerprint density at radius 1 is 0.750 bits per heavy atom. The first kappa shape index (κ1) is 15.7. The first-order chi connectivity index (χ1) is 11.0. The largest absolute Gasteiger partial charge is 0.288 e. The van der Waals surface area contributed by atoms with Gasteiger partial charge in [0.1, 0.15) is 0 Å². The molecule has 0 aliphatic carbocycles. The molecule has 0 bridgehead atoms. The molecule has 0 radical (unpaired) electrons. The van der Waals surface area contributed by atoms with Gasteiger partial charge in [-0.15, -0.1) is 0 Å². The minimum atomic E-state index is -3.06. The first-order valence-corrected chi connectivity index (χ1v) is 12.7. The number of rotatable bonds is 0. The number of Topliss-reactive ketones (excluding diaryl/α,β-unsaturated/α-hetero) is 2. The number of benzene rings is 2. The number of carbonyl (C=O) groups is 2. The summed E-state index contributed by atoms with van der Waals surface area (Å²) in [7, 11) is -3.06. The minimum Gasteiger partial charge on any atom is -0.288 e. The topological polar surface area (TPSA) is 34.1 Å². The number of carbonyl (C=O) groups excluding carboxylic acids is 2. The van der Waals surface area contributed by atoms with E-state index in [1.165, 1.54) is 11.8 Å². The molecule has 0 unspecified atom stereocenters. The Morgan fingerprint density at radius 2 is 1.33 bits per heavy atom. The molecule has 2 heterocycles. The molecule has 4 heteroatoms. The second kappa shape index (κ2) is 4.06. The van der Waals surface area contributed by atoms with Crippen molar-refractivity contribution in [3.63, 3.8) is 0 Å². The van der Waals surface area contributed by atoms with E-state index in [4.69, 9.17) is 0 Å². The summed E-state index contributed by atoms with van der Waals surface area (Å²) in [6.07, 6.45) is 8.73. The van der Waals surface area contributed by atoms with Crippen LogP contribution in [0.15, 0.2) is 68.1 Å². The van der Waals surface area contributed by atoms with Gasteiger partial charge in [-0.25, -0.2) is 8.29 Å². The zero-order valence-corrected chi connectivity index (χ0v) is 15.9. The van der Waals surface area contributed by atoms with Gasteiger partial charge in [-0.2, -0.15) is 0 Å². The van der Waals surface area contributed by atoms with E-state index in [2.05, 4.69) is 31.1 Å². The molecule has 2 aromatic carbocycles. The average molecular weight is 357 g/mol. The third kappa shape index (κ3) is 1.81. The van der Waals surface area contributed by atoms with Crippen LogP contribution in [-0.4, -0.2) is 36.6 Å². The molecule has 2 aromatic rings. The van der Waals surface area contributed by atoms with E-state index in [9.17, 15) is 9.59 Å². The van der Waals surface area contributed by atoms with Gasteiger partial charge in [0.05, 0.1) is 4.91 Å². The van der Waals surface area contributed by atoms with Crippen LogP contribution in [0.3, 0.4) is 0 Å². The third-order valence-corrected chi connectivity index (χ3v) is 10.9. The van der Waals surface area contributed by atoms with Gasteiger partial charge in [-0.1, -0.05) is 42.1 Å². The second-order valence-electron chi connectivity index (χ2n) is 8.60. The summed E-state index contributed by atoms with van der Waals surface area (Å²) < 4.78 is 0. The van der Waals surface area contributed by atoms with Gasteiger partial charge in [0, 0.05) is 20.9 Å². The van der Waals surface area contributed by atoms with Crippen LogP contribution in [0.4, 0.5) is 0 Å². The van der Waals surface area contributed by atoms with Gasteiger partial charge in [0.25, 0.3) is 0 Å². The van der Waals surface area contributed by atoms with E-state index in [0.29, 0.717) is 10.5 Å². The lowest BCUT2D eigenvalue weighted by Crippen LogP contribution is -2.32. The van der Waals surface area contributed by atoms with Gasteiger partial charge in [-0.3, -0.25) is 9.59 Å². The van der Waals surface area contributed by atoms with Crippen LogP contribution in [0.25, 0.3) is 0 Å². The quantitative estimate of drug-likeness (QED) is 0.634. The predicted octanol–water partition coefficient (Wildman–Crippen LogP) is 4.84. The molecule has 0 N–H and O–H groups in total. The van der Waals surface area contributed by atoms with Crippen molar-refractivity contribution in [3.05, 3.63) is 69.5 Å². The Bertz CT molecular complexity index is 990. The highest BCUT2D eigenvalue weighted by Gasteiger charge is 2.59. The number of allylic oxidation sites excluding steroid dienone is 2. The summed E-state index contributed by atoms with van der Waals surface area (Å²) in [5.41, 5.74) is 1.46. The highest BCUT2D eigenvalue weighted by molar-refractivity contribution is 8.66. The molecular formula is C20H20O2S2. The maximum Gasteiger partial charge on any atom is 0.202 e. The molecule has 0 spiro atoms. The van der Waals surface area contributed by atoms with Crippen LogP contribution >= 0.6 is 20.1 Å². The Morgan fingerprint density at radius 3 is 1.96 bits per heavy atom. The molecule has 24 heavy (non-hydrogen) atoms. The molecule has 0 saturated heterocycles. The lowest BCUT2D eigenvalue weighted by atomic mass is 10.1. The lowest BCUT2D eigenvalue weighted by molar-refractivity contribution is 0.101. The second-order valence-corrected chi connectivity index (χ2v) is 18.9. The summed E-state index contributed by atoms with van der Waals surface area (Å²) in [5, 5.41) is 0. The number of hydrogen-bond donors (Lipinski definition) is 0. The summed E-state index contributed by atoms with van der Waals surface area (Å²) >= 11 is 1.45. The molecule has 2 nitrogen and oxygen atoms in total. The molecule has 4 rings (SSSR count). The monoisotopic (exact) mass is 356 g/mol. The van der Waals surface area contributed by atoms with Crippen LogP contribution in [0, 0.1) is 0 Å². The van der Waals surface area contributed by atoms with Crippen molar-refractivity contribution in [3.8, 4) is 0 Å². The summed E-state index contributed by atoms with van der Waals surface area (Å²) in [6, 6.07) is 15.4. The summed E-state index contributed by atoms with van der Waals surface area (Å²) in [6.45, 7) is 0. The van der Waals surface area contributed by atoms with Crippen molar-refractivity contribution in [1.29, 1.82) is 0 Å². The Labute approximate surface area is 145 Å². The molecule has 0 amide bonds. The summed E-state index contributed by atoms with van der Waals surface area (Å²) in [4.78, 5) is 29.7. The van der Waals surface area contributed by atoms with Gasteiger partial charge < -0.3 is 0 Å². The highest BCUT2D eigenvalue weighted by Crippen LogP contribution is 2.93. The average Bonchev–Trinajstić information content (AvgIpc) is 2.89. The third-order valence-electron chi connectivity index (χ3n) is 5.00. The van der Waals surface area contributed by atoms with E-state index in [0.717, 1.165) is 20.3 Å². The van der Waals surface area contributed by atoms with E-state index < -0.39 is 8.29 Å². The Hall–Kier alpha value is -1.78. The standard InChI is InChI=1S/C20H20O2S2/c1-24(2,3,4)16-12-8-6-10-14(16)18(22)20(24)19-17(21)13-9-5-7-11-15(13)23-19/h5-12H,1-4H3/b20-19-. The zero-order chi connectivity index (χ0) is 17.4. The van der Waals surface area contributed by atoms with Crippen LogP contribution < -0.4 is 0 Å². The Kier molecular flexibility index (Phi) is 2.66. The van der Waals surface area contributed by atoms with E-state index in [1.54, 1.807) is 0 Å². The number of thioether (sulfide) groups is 1. The maximum atomic E-state index is 13.3.